The van der Waals surface area contributed by atoms with Crippen molar-refractivity contribution in [3.8, 4) is 0 Å². The second-order valence-electron chi connectivity index (χ2n) is 9.27. The Morgan fingerprint density at radius 3 is 2.47 bits per heavy atom. The number of alkyl carbamates (subject to hydrolysis) is 1. The van der Waals surface area contributed by atoms with Crippen molar-refractivity contribution >= 4 is 58.6 Å². The van der Waals surface area contributed by atoms with Crippen molar-refractivity contribution in [1.29, 1.82) is 0 Å². The molecule has 1 N–H and O–H groups in total. The molecule has 3 saturated heterocycles. The number of cyclic esters (lactones) is 1. The number of carbonyl (C=O) groups is 3. The highest BCUT2D eigenvalue weighted by Gasteiger charge is 2.55. The summed E-state index contributed by atoms with van der Waals surface area (Å²) in [6.07, 6.45) is -0.700. The summed E-state index contributed by atoms with van der Waals surface area (Å²) in [5, 5.41) is 3.95. The van der Waals surface area contributed by atoms with Gasteiger partial charge in [-0.3, -0.25) is 9.59 Å². The summed E-state index contributed by atoms with van der Waals surface area (Å²) in [6.45, 7) is 5.36. The maximum atomic E-state index is 13.1. The molecule has 0 bridgehead atoms. The van der Waals surface area contributed by atoms with Crippen molar-refractivity contribution in [2.75, 3.05) is 49.9 Å². The topological polar surface area (TPSA) is 82.2 Å². The zero-order chi connectivity index (χ0) is 25.4. The number of thioether (sulfide) groups is 1. The van der Waals surface area contributed by atoms with E-state index in [1.54, 1.807) is 23.1 Å². The molecule has 5 rings (SSSR count). The van der Waals surface area contributed by atoms with E-state index in [2.05, 4.69) is 10.2 Å². The van der Waals surface area contributed by atoms with Crippen LogP contribution in [-0.4, -0.2) is 84.4 Å². The standard InChI is InChI=1S/C25H26Cl2N4O4S/c1-16-25(28-24(34)35-16)14-31(15-25)22(32)13-36-21-6-5-17(11-20(21)27)23(33)30-9-7-29(8-10-30)19-4-2-3-18(26)12-19/h2-6,11-12,16H,7-10,13-15H2,1H3,(H,28,34). The Balaban J connectivity index is 1.12. The molecule has 8 nitrogen and oxygen atoms in total. The Hall–Kier alpha value is -2.62. The number of nitrogens with one attached hydrogen (secondary N) is 1. The molecule has 1 spiro atoms. The minimum atomic E-state index is -0.476. The molecular weight excluding hydrogens is 523 g/mol. The van der Waals surface area contributed by atoms with Crippen LogP contribution in [0.1, 0.15) is 17.3 Å². The fourth-order valence-corrected chi connectivity index (χ4v) is 6.11. The van der Waals surface area contributed by atoms with E-state index in [-0.39, 0.29) is 23.7 Å². The third kappa shape index (κ3) is 4.96. The average Bonchev–Trinajstić information content (AvgIpc) is 3.15. The Morgan fingerprint density at radius 2 is 1.83 bits per heavy atom. The second-order valence-corrected chi connectivity index (χ2v) is 11.1. The van der Waals surface area contributed by atoms with Crippen LogP contribution in [0.2, 0.25) is 10.0 Å². The Morgan fingerprint density at radius 1 is 1.08 bits per heavy atom. The first-order valence-electron chi connectivity index (χ1n) is 11.7. The number of hydrogen-bond donors (Lipinski definition) is 1. The number of nitrogens with zero attached hydrogens (tertiary/aromatic N) is 3. The summed E-state index contributed by atoms with van der Waals surface area (Å²) < 4.78 is 5.15. The minimum absolute atomic E-state index is 0.0345. The highest BCUT2D eigenvalue weighted by molar-refractivity contribution is 8.00. The van der Waals surface area contributed by atoms with Crippen molar-refractivity contribution in [3.63, 3.8) is 0 Å². The number of benzene rings is 2. The molecule has 0 saturated carbocycles. The molecule has 0 aliphatic carbocycles. The van der Waals surface area contributed by atoms with Crippen LogP contribution in [0.25, 0.3) is 0 Å². The van der Waals surface area contributed by atoms with Gasteiger partial charge in [0, 0.05) is 60.4 Å². The number of ether oxygens (including phenoxy) is 1. The smallest absolute Gasteiger partial charge is 0.408 e. The van der Waals surface area contributed by atoms with E-state index in [1.807, 2.05) is 36.1 Å². The Bertz CT molecular complexity index is 1200. The van der Waals surface area contributed by atoms with Gasteiger partial charge in [-0.05, 0) is 43.3 Å². The molecule has 1 atom stereocenters. The molecule has 2 aromatic rings. The highest BCUT2D eigenvalue weighted by Crippen LogP contribution is 2.33. The first-order valence-corrected chi connectivity index (χ1v) is 13.5. The van der Waals surface area contributed by atoms with Gasteiger partial charge in [0.2, 0.25) is 5.91 Å². The molecule has 11 heteroatoms. The lowest BCUT2D eigenvalue weighted by atomic mass is 9.85. The molecule has 3 amide bonds. The maximum Gasteiger partial charge on any atom is 0.408 e. The van der Waals surface area contributed by atoms with Crippen LogP contribution < -0.4 is 10.2 Å². The number of piperazine rings is 1. The summed E-state index contributed by atoms with van der Waals surface area (Å²) >= 11 is 13.9. The largest absolute Gasteiger partial charge is 0.444 e. The summed E-state index contributed by atoms with van der Waals surface area (Å²) in [5.41, 5.74) is 1.11. The summed E-state index contributed by atoms with van der Waals surface area (Å²) in [5.74, 6) is 0.126. The van der Waals surface area contributed by atoms with Crippen LogP contribution in [0, 0.1) is 0 Å². The quantitative estimate of drug-likeness (QED) is 0.573. The van der Waals surface area contributed by atoms with Gasteiger partial charge in [0.15, 0.2) is 0 Å². The number of anilines is 1. The van der Waals surface area contributed by atoms with Crippen LogP contribution in [0.5, 0.6) is 0 Å². The number of likely N-dealkylation sites (tertiary alicyclic amines) is 1. The predicted molar refractivity (Wildman–Crippen MR) is 140 cm³/mol. The predicted octanol–water partition coefficient (Wildman–Crippen LogP) is 3.76. The molecule has 3 heterocycles. The third-order valence-corrected chi connectivity index (χ3v) is 8.70. The molecule has 2 aromatic carbocycles. The highest BCUT2D eigenvalue weighted by atomic mass is 35.5. The average molecular weight is 549 g/mol. The fraction of sp³-hybridized carbons (Fsp3) is 0.400. The zero-order valence-corrected chi connectivity index (χ0v) is 22.0. The molecule has 1 unspecified atom stereocenters. The summed E-state index contributed by atoms with van der Waals surface area (Å²) in [4.78, 5) is 43.6. The van der Waals surface area contributed by atoms with Crippen molar-refractivity contribution in [2.45, 2.75) is 23.5 Å². The lowest BCUT2D eigenvalue weighted by Crippen LogP contribution is -2.72. The Kier molecular flexibility index (Phi) is 6.98. The number of carbonyl (C=O) groups excluding carboxylic acids is 3. The van der Waals surface area contributed by atoms with E-state index in [4.69, 9.17) is 27.9 Å². The second kappa shape index (κ2) is 10.0. The lowest BCUT2D eigenvalue weighted by molar-refractivity contribution is -0.137. The van der Waals surface area contributed by atoms with Crippen molar-refractivity contribution in [2.24, 2.45) is 0 Å². The lowest BCUT2D eigenvalue weighted by Gasteiger charge is -2.48. The van der Waals surface area contributed by atoms with Crippen LogP contribution in [0.3, 0.4) is 0 Å². The zero-order valence-electron chi connectivity index (χ0n) is 19.7. The molecule has 0 aromatic heterocycles. The maximum absolute atomic E-state index is 13.1. The first kappa shape index (κ1) is 25.0. The van der Waals surface area contributed by atoms with Gasteiger partial charge in [0.05, 0.1) is 10.8 Å². The number of amides is 3. The molecule has 0 radical (unpaired) electrons. The molecule has 3 aliphatic heterocycles. The van der Waals surface area contributed by atoms with Gasteiger partial charge >= 0.3 is 6.09 Å². The van der Waals surface area contributed by atoms with Crippen LogP contribution >= 0.6 is 35.0 Å². The number of hydrogen-bond acceptors (Lipinski definition) is 6. The molecule has 190 valence electrons. The fourth-order valence-electron chi connectivity index (χ4n) is 4.76. The van der Waals surface area contributed by atoms with Crippen LogP contribution in [-0.2, 0) is 9.53 Å². The van der Waals surface area contributed by atoms with Gasteiger partial charge in [-0.2, -0.15) is 0 Å². The molecular formula is C25H26Cl2N4O4S. The minimum Gasteiger partial charge on any atom is -0.444 e. The first-order chi connectivity index (χ1) is 17.2. The summed E-state index contributed by atoms with van der Waals surface area (Å²) in [6, 6.07) is 12.9. The van der Waals surface area contributed by atoms with Crippen LogP contribution in [0.4, 0.5) is 10.5 Å². The Labute approximate surface area is 223 Å². The van der Waals surface area contributed by atoms with E-state index in [0.717, 1.165) is 23.7 Å². The molecule has 3 aliphatic rings. The van der Waals surface area contributed by atoms with E-state index in [0.29, 0.717) is 41.8 Å². The van der Waals surface area contributed by atoms with Crippen molar-refractivity contribution < 1.29 is 19.1 Å². The van der Waals surface area contributed by atoms with E-state index >= 15 is 0 Å². The van der Waals surface area contributed by atoms with E-state index in [1.165, 1.54) is 11.8 Å². The number of halogens is 2. The van der Waals surface area contributed by atoms with Gasteiger partial charge in [-0.1, -0.05) is 29.3 Å². The SMILES string of the molecule is CC1OC(=O)NC12CN(C(=O)CSc1ccc(C(=O)N3CCN(c4cccc(Cl)c4)CC3)cc1Cl)C2. The number of rotatable bonds is 5. The molecule has 36 heavy (non-hydrogen) atoms. The van der Waals surface area contributed by atoms with Gasteiger partial charge < -0.3 is 24.8 Å². The summed E-state index contributed by atoms with van der Waals surface area (Å²) in [7, 11) is 0. The van der Waals surface area contributed by atoms with E-state index < -0.39 is 11.6 Å². The van der Waals surface area contributed by atoms with Crippen LogP contribution in [0.15, 0.2) is 47.4 Å². The van der Waals surface area contributed by atoms with Gasteiger partial charge in [0.1, 0.15) is 11.6 Å². The van der Waals surface area contributed by atoms with E-state index in [9.17, 15) is 14.4 Å². The third-order valence-electron chi connectivity index (χ3n) is 6.98. The normalized spacial score (nSPS) is 20.7. The van der Waals surface area contributed by atoms with Gasteiger partial charge in [-0.25, -0.2) is 4.79 Å². The van der Waals surface area contributed by atoms with Gasteiger partial charge in [0.25, 0.3) is 5.91 Å². The monoisotopic (exact) mass is 548 g/mol. The molecule has 3 fully saturated rings. The van der Waals surface area contributed by atoms with Gasteiger partial charge in [-0.15, -0.1) is 11.8 Å². The van der Waals surface area contributed by atoms with Crippen molar-refractivity contribution in [1.82, 2.24) is 15.1 Å². The van der Waals surface area contributed by atoms with Crippen molar-refractivity contribution in [3.05, 3.63) is 58.1 Å².